The Morgan fingerprint density at radius 1 is 0.538 bits per heavy atom. The van der Waals surface area contributed by atoms with Gasteiger partial charge in [-0.05, 0) is 25.8 Å². The van der Waals surface area contributed by atoms with Crippen LogP contribution in [0.3, 0.4) is 0 Å². The molecule has 2 nitrogen and oxygen atoms in total. The topological polar surface area (TPSA) is 24.1 Å². The van der Waals surface area contributed by atoms with Crippen LogP contribution in [0.15, 0.2) is 0 Å². The molecule has 1 aliphatic rings. The average Bonchev–Trinajstić information content (AvgIpc) is 2.61. The molecule has 0 radical (unpaired) electrons. The van der Waals surface area contributed by atoms with E-state index in [1.165, 1.54) is 129 Å². The van der Waals surface area contributed by atoms with Crippen LogP contribution in [0.2, 0.25) is 0 Å². The van der Waals surface area contributed by atoms with E-state index < -0.39 is 0 Å². The Balaban J connectivity index is 1.60. The maximum atomic E-state index is 3.61. The Morgan fingerprint density at radius 2 is 1.00 bits per heavy atom. The van der Waals surface area contributed by atoms with E-state index in [9.17, 15) is 0 Å². The van der Waals surface area contributed by atoms with Gasteiger partial charge in [0.05, 0.1) is 0 Å². The lowest BCUT2D eigenvalue weighted by atomic mass is 9.93. The van der Waals surface area contributed by atoms with Gasteiger partial charge in [0, 0.05) is 19.1 Å². The zero-order valence-corrected chi connectivity index (χ0v) is 18.1. The van der Waals surface area contributed by atoms with E-state index in [4.69, 9.17) is 0 Å². The van der Waals surface area contributed by atoms with E-state index in [1.54, 1.807) is 0 Å². The highest BCUT2D eigenvalue weighted by molar-refractivity contribution is 4.76. The lowest BCUT2D eigenvalue weighted by Crippen LogP contribution is -2.39. The summed E-state index contributed by atoms with van der Waals surface area (Å²) in [5.41, 5.74) is 0. The largest absolute Gasteiger partial charge is 0.315 e. The maximum absolute atomic E-state index is 3.61. The monoisotopic (exact) mass is 366 g/mol. The molecule has 156 valence electrons. The van der Waals surface area contributed by atoms with Gasteiger partial charge in [-0.2, -0.15) is 0 Å². The van der Waals surface area contributed by atoms with Gasteiger partial charge in [-0.3, -0.25) is 0 Å². The quantitative estimate of drug-likeness (QED) is 0.214. The first-order chi connectivity index (χ1) is 12.9. The van der Waals surface area contributed by atoms with Crippen molar-refractivity contribution >= 4 is 0 Å². The van der Waals surface area contributed by atoms with Crippen molar-refractivity contribution in [1.29, 1.82) is 0 Å². The second kappa shape index (κ2) is 19.7. The van der Waals surface area contributed by atoms with Crippen LogP contribution < -0.4 is 10.6 Å². The van der Waals surface area contributed by atoms with E-state index in [0.29, 0.717) is 0 Å². The van der Waals surface area contributed by atoms with Crippen LogP contribution in [0.25, 0.3) is 0 Å². The van der Waals surface area contributed by atoms with E-state index in [-0.39, 0.29) is 0 Å². The summed E-state index contributed by atoms with van der Waals surface area (Å²) >= 11 is 0. The van der Waals surface area contributed by atoms with Crippen molar-refractivity contribution in [1.82, 2.24) is 10.6 Å². The van der Waals surface area contributed by atoms with Crippen molar-refractivity contribution in [3.63, 3.8) is 0 Å². The lowest BCUT2D eigenvalue weighted by Gasteiger charge is -2.26. The van der Waals surface area contributed by atoms with Crippen LogP contribution in [0.5, 0.6) is 0 Å². The predicted molar refractivity (Wildman–Crippen MR) is 118 cm³/mol. The van der Waals surface area contributed by atoms with E-state index >= 15 is 0 Å². The second-order valence-corrected chi connectivity index (χ2v) is 8.64. The fraction of sp³-hybridized carbons (Fsp3) is 1.00. The first-order valence-corrected chi connectivity index (χ1v) is 12.4. The highest BCUT2D eigenvalue weighted by Gasteiger charge is 2.15. The number of hydrogen-bond acceptors (Lipinski definition) is 2. The molecular weight excluding hydrogens is 316 g/mol. The van der Waals surface area contributed by atoms with Crippen molar-refractivity contribution in [2.45, 2.75) is 135 Å². The van der Waals surface area contributed by atoms with Gasteiger partial charge in [0.1, 0.15) is 0 Å². The van der Waals surface area contributed by atoms with Gasteiger partial charge < -0.3 is 10.6 Å². The van der Waals surface area contributed by atoms with Crippen molar-refractivity contribution in [3.05, 3.63) is 0 Å². The maximum Gasteiger partial charge on any atom is 0.00793 e. The third-order valence-corrected chi connectivity index (χ3v) is 6.05. The molecule has 0 saturated heterocycles. The van der Waals surface area contributed by atoms with Crippen LogP contribution in [-0.4, -0.2) is 25.7 Å². The number of unbranched alkanes of at least 4 members (excludes halogenated alkanes) is 15. The summed E-state index contributed by atoms with van der Waals surface area (Å²) in [7, 11) is 0. The molecule has 0 aromatic rings. The Kier molecular flexibility index (Phi) is 18.1. The molecule has 2 N–H and O–H groups in total. The molecule has 0 spiro atoms. The van der Waals surface area contributed by atoms with Crippen molar-refractivity contribution < 1.29 is 0 Å². The summed E-state index contributed by atoms with van der Waals surface area (Å²) in [4.78, 5) is 0. The third kappa shape index (κ3) is 16.1. The molecule has 0 amide bonds. The van der Waals surface area contributed by atoms with Gasteiger partial charge >= 0.3 is 0 Å². The number of nitrogens with one attached hydrogen (secondary N) is 2. The third-order valence-electron chi connectivity index (χ3n) is 6.05. The first kappa shape index (κ1) is 24.0. The molecule has 0 heterocycles. The molecule has 0 atom stereocenters. The zero-order valence-electron chi connectivity index (χ0n) is 18.1. The van der Waals surface area contributed by atoms with Crippen LogP contribution in [0.1, 0.15) is 129 Å². The van der Waals surface area contributed by atoms with E-state index in [1.807, 2.05) is 0 Å². The Morgan fingerprint density at radius 3 is 1.42 bits per heavy atom. The summed E-state index contributed by atoms with van der Waals surface area (Å²) in [5.74, 6) is 0. The van der Waals surface area contributed by atoms with Gasteiger partial charge in [-0.1, -0.05) is 110 Å². The van der Waals surface area contributed by atoms with Crippen LogP contribution in [0, 0.1) is 0 Å². The second-order valence-electron chi connectivity index (χ2n) is 8.64. The minimum absolute atomic E-state index is 0.840. The summed E-state index contributed by atoms with van der Waals surface area (Å²) in [6.45, 7) is 5.82. The molecule has 26 heavy (non-hydrogen) atoms. The standard InChI is InChI=1S/C24H50N2/c1-2-3-4-5-6-7-8-9-10-11-12-13-14-15-16-17-21-25-22-23-26-24-19-18-20-24/h24-26H,2-23H2,1H3. The molecule has 0 aromatic carbocycles. The van der Waals surface area contributed by atoms with Crippen molar-refractivity contribution in [2.24, 2.45) is 0 Å². The molecule has 0 aromatic heterocycles. The van der Waals surface area contributed by atoms with Crippen molar-refractivity contribution in [3.8, 4) is 0 Å². The highest BCUT2D eigenvalue weighted by atomic mass is 15.0. The molecule has 1 saturated carbocycles. The molecule has 0 aliphatic heterocycles. The minimum atomic E-state index is 0.840. The normalized spacial score (nSPS) is 14.7. The van der Waals surface area contributed by atoms with Gasteiger partial charge in [0.15, 0.2) is 0 Å². The molecule has 0 bridgehead atoms. The first-order valence-electron chi connectivity index (χ1n) is 12.4. The van der Waals surface area contributed by atoms with Gasteiger partial charge in [-0.25, -0.2) is 0 Å². The summed E-state index contributed by atoms with van der Waals surface area (Å²) in [6, 6.07) is 0.840. The SMILES string of the molecule is CCCCCCCCCCCCCCCCCCNCCNC1CCC1. The summed E-state index contributed by atoms with van der Waals surface area (Å²) in [5, 5.41) is 7.19. The van der Waals surface area contributed by atoms with Gasteiger partial charge in [0.25, 0.3) is 0 Å². The minimum Gasteiger partial charge on any atom is -0.315 e. The number of rotatable bonds is 21. The molecule has 1 aliphatic carbocycles. The van der Waals surface area contributed by atoms with Gasteiger partial charge in [0.2, 0.25) is 0 Å². The van der Waals surface area contributed by atoms with Crippen LogP contribution in [0.4, 0.5) is 0 Å². The van der Waals surface area contributed by atoms with Gasteiger partial charge in [-0.15, -0.1) is 0 Å². The predicted octanol–water partition coefficient (Wildman–Crippen LogP) is 6.98. The molecule has 1 rings (SSSR count). The smallest absolute Gasteiger partial charge is 0.00793 e. The molecule has 1 fully saturated rings. The molecular formula is C24H50N2. The highest BCUT2D eigenvalue weighted by Crippen LogP contribution is 2.17. The molecule has 2 heteroatoms. The Bertz CT molecular complexity index is 263. The zero-order chi connectivity index (χ0) is 18.5. The molecule has 0 unspecified atom stereocenters. The van der Waals surface area contributed by atoms with Crippen LogP contribution >= 0.6 is 0 Å². The Hall–Kier alpha value is -0.0800. The fourth-order valence-corrected chi connectivity index (χ4v) is 3.90. The summed E-state index contributed by atoms with van der Waals surface area (Å²) in [6.07, 6.45) is 27.5. The van der Waals surface area contributed by atoms with Crippen LogP contribution in [-0.2, 0) is 0 Å². The number of hydrogen-bond donors (Lipinski definition) is 2. The Labute approximate surface area is 165 Å². The lowest BCUT2D eigenvalue weighted by molar-refractivity contribution is 0.339. The van der Waals surface area contributed by atoms with Crippen molar-refractivity contribution in [2.75, 3.05) is 19.6 Å². The fourth-order valence-electron chi connectivity index (χ4n) is 3.90. The summed E-state index contributed by atoms with van der Waals surface area (Å²) < 4.78 is 0. The average molecular weight is 367 g/mol. The van der Waals surface area contributed by atoms with E-state index in [2.05, 4.69) is 17.6 Å². The van der Waals surface area contributed by atoms with E-state index in [0.717, 1.165) is 19.1 Å².